The van der Waals surface area contributed by atoms with Gasteiger partial charge in [0.05, 0.1) is 67.1 Å². The maximum Gasteiger partial charge on any atom is 0.264 e. The van der Waals surface area contributed by atoms with E-state index in [4.69, 9.17) is 56.5 Å². The predicted octanol–water partition coefficient (Wildman–Crippen LogP) is 12.9. The first kappa shape index (κ1) is 63.5. The lowest BCUT2D eigenvalue weighted by atomic mass is 9.95. The molecule has 0 unspecified atom stereocenters. The molecule has 0 saturated carbocycles. The van der Waals surface area contributed by atoms with Crippen LogP contribution in [0, 0.1) is 0 Å². The molecule has 0 N–H and O–H groups in total. The molecule has 0 amide bonds. The van der Waals surface area contributed by atoms with Gasteiger partial charge in [0.2, 0.25) is 0 Å². The van der Waals surface area contributed by atoms with Crippen molar-refractivity contribution in [1.29, 1.82) is 0 Å². The summed E-state index contributed by atoms with van der Waals surface area (Å²) in [5.74, 6) is 1.43. The summed E-state index contributed by atoms with van der Waals surface area (Å²) in [6.45, 7) is 7.75. The molecule has 2 fully saturated rings. The summed E-state index contributed by atoms with van der Waals surface area (Å²) in [4.78, 5) is 3.54. The molecule has 8 aromatic rings. The van der Waals surface area contributed by atoms with Gasteiger partial charge < -0.3 is 56.5 Å². The Hall–Kier alpha value is -7.51. The van der Waals surface area contributed by atoms with Crippen molar-refractivity contribution in [1.82, 2.24) is 0 Å². The molecule has 0 bridgehead atoms. The van der Waals surface area contributed by atoms with E-state index < -0.39 is 74.7 Å². The third kappa shape index (κ3) is 16.4. The molecule has 2 saturated heterocycles. The van der Waals surface area contributed by atoms with E-state index in [2.05, 4.69) is 55.1 Å². The topological polar surface area (TPSA) is 160 Å². The van der Waals surface area contributed by atoms with E-state index in [1.54, 1.807) is 14.2 Å². The first-order valence-corrected chi connectivity index (χ1v) is 31.9. The largest absolute Gasteiger partial charge is 0.497 e. The van der Waals surface area contributed by atoms with Crippen molar-refractivity contribution in [3.63, 3.8) is 0 Å². The molecule has 0 aliphatic carbocycles. The van der Waals surface area contributed by atoms with Crippen molar-refractivity contribution in [2.24, 2.45) is 5.11 Å². The zero-order valence-corrected chi connectivity index (χ0v) is 51.6. The fourth-order valence-corrected chi connectivity index (χ4v) is 16.0. The molecular weight excluding hydrogens is 1130 g/mol. The van der Waals surface area contributed by atoms with Gasteiger partial charge in [0.1, 0.15) is 60.3 Å². The Morgan fingerprint density at radius 3 is 1.17 bits per heavy atom. The molecule has 0 aromatic heterocycles. The van der Waals surface area contributed by atoms with Crippen LogP contribution in [-0.4, -0.2) is 97.1 Å². The molecule has 8 aromatic carbocycles. The van der Waals surface area contributed by atoms with Gasteiger partial charge in [-0.05, 0) is 78.6 Å². The van der Waals surface area contributed by atoms with Crippen LogP contribution in [-0.2, 0) is 86.7 Å². The number of rotatable bonds is 29. The Balaban J connectivity index is 1.10. The summed E-state index contributed by atoms with van der Waals surface area (Å²) < 4.78 is 83.4. The van der Waals surface area contributed by atoms with Crippen LogP contribution in [0.1, 0.15) is 54.2 Å². The van der Waals surface area contributed by atoms with E-state index in [9.17, 15) is 5.53 Å². The average molecular weight is 1210 g/mol. The second-order valence-corrected chi connectivity index (χ2v) is 27.2. The molecule has 16 heteroatoms. The summed E-state index contributed by atoms with van der Waals surface area (Å²) >= 11 is 0. The second-order valence-electron chi connectivity index (χ2n) is 22.9. The number of azide groups is 1. The van der Waals surface area contributed by atoms with Crippen molar-refractivity contribution < 1.29 is 56.5 Å². The molecule has 0 radical (unpaired) electrons. The van der Waals surface area contributed by atoms with Crippen molar-refractivity contribution in [3.05, 3.63) is 274 Å². The molecule has 2 aliphatic rings. The Labute approximate surface area is 518 Å². The number of hydrogen-bond donors (Lipinski definition) is 0. The monoisotopic (exact) mass is 1210 g/mol. The molecule has 2 heterocycles. The van der Waals surface area contributed by atoms with Gasteiger partial charge in [0, 0.05) is 4.91 Å². The van der Waals surface area contributed by atoms with Crippen molar-refractivity contribution in [2.75, 3.05) is 27.4 Å². The van der Waals surface area contributed by atoms with Crippen molar-refractivity contribution in [2.45, 2.75) is 127 Å². The van der Waals surface area contributed by atoms with Crippen LogP contribution in [0.4, 0.5) is 0 Å². The Morgan fingerprint density at radius 2 is 0.761 bits per heavy atom. The summed E-state index contributed by atoms with van der Waals surface area (Å²) in [7, 11) is -0.169. The Morgan fingerprint density at radius 1 is 0.409 bits per heavy atom. The molecule has 10 atom stereocenters. The van der Waals surface area contributed by atoms with Gasteiger partial charge in [-0.1, -0.05) is 232 Å². The van der Waals surface area contributed by atoms with E-state index in [1.807, 2.05) is 206 Å². The molecule has 0 spiro atoms. The fourth-order valence-electron chi connectivity index (χ4n) is 11.5. The van der Waals surface area contributed by atoms with E-state index in [-0.39, 0.29) is 52.9 Å². The first-order chi connectivity index (χ1) is 43.1. The predicted molar refractivity (Wildman–Crippen MR) is 339 cm³/mol. The molecule has 88 heavy (non-hydrogen) atoms. The van der Waals surface area contributed by atoms with Crippen LogP contribution >= 0.6 is 0 Å². The van der Waals surface area contributed by atoms with Gasteiger partial charge in [0.25, 0.3) is 8.32 Å². The SMILES string of the molecule is COc1ccc(CO[C@H]2[C@@H](OCc3ccc(OC)cc3)[C@@H](COCc3ccccc3)O[C@@H](O[C@H]3[C@H](OCc4ccccc4)[C@@H](N=[N+]=[N-])[C@H](O[Si](c4ccccc4)(c4ccccc4)C(C)(C)C)O[C@@H]3COCc3ccccc3)[C@@H]2OCc2ccccc2)cc1. The average Bonchev–Trinajstić information content (AvgIpc) is 1.07. The molecule has 10 rings (SSSR count). The highest BCUT2D eigenvalue weighted by atomic mass is 28.4. The van der Waals surface area contributed by atoms with Crippen LogP contribution in [0.3, 0.4) is 0 Å². The third-order valence-electron chi connectivity index (χ3n) is 16.0. The molecule has 15 nitrogen and oxygen atoms in total. The molecular formula is C72H79N3O12Si. The minimum Gasteiger partial charge on any atom is -0.497 e. The maximum absolute atomic E-state index is 10.8. The fraction of sp³-hybridized carbons (Fsp3) is 0.333. The van der Waals surface area contributed by atoms with Crippen LogP contribution in [0.5, 0.6) is 11.5 Å². The highest BCUT2D eigenvalue weighted by molar-refractivity contribution is 6.99. The molecule has 2 aliphatic heterocycles. The van der Waals surface area contributed by atoms with Crippen LogP contribution in [0.2, 0.25) is 5.04 Å². The van der Waals surface area contributed by atoms with Crippen molar-refractivity contribution >= 4 is 18.7 Å². The minimum atomic E-state index is -3.45. The Bertz CT molecular complexity index is 3310. The number of ether oxygens (including phenoxy) is 11. The van der Waals surface area contributed by atoms with E-state index in [0.717, 1.165) is 49.5 Å². The van der Waals surface area contributed by atoms with Gasteiger partial charge in [-0.25, -0.2) is 0 Å². The van der Waals surface area contributed by atoms with Gasteiger partial charge in [-0.2, -0.15) is 0 Å². The lowest BCUT2D eigenvalue weighted by Gasteiger charge is -2.52. The minimum absolute atomic E-state index is 0.00871. The lowest BCUT2D eigenvalue weighted by Crippen LogP contribution is -2.71. The summed E-state index contributed by atoms with van der Waals surface area (Å²) in [5, 5.41) is 6.13. The summed E-state index contributed by atoms with van der Waals surface area (Å²) in [5.41, 5.74) is 16.3. The van der Waals surface area contributed by atoms with Gasteiger partial charge in [0.15, 0.2) is 12.6 Å². The lowest BCUT2D eigenvalue weighted by molar-refractivity contribution is -0.361. The third-order valence-corrected chi connectivity index (χ3v) is 20.9. The number of nitrogens with zero attached hydrogens (tertiary/aromatic N) is 3. The second kappa shape index (κ2) is 31.6. The quantitative estimate of drug-likeness (QED) is 0.0189. The summed E-state index contributed by atoms with van der Waals surface area (Å²) in [6, 6.07) is 74.6. The maximum atomic E-state index is 10.8. The highest BCUT2D eigenvalue weighted by Gasteiger charge is 2.58. The number of methoxy groups -OCH3 is 2. The van der Waals surface area contributed by atoms with Gasteiger partial charge >= 0.3 is 0 Å². The highest BCUT2D eigenvalue weighted by Crippen LogP contribution is 2.42. The zero-order chi connectivity index (χ0) is 61.0. The first-order valence-electron chi connectivity index (χ1n) is 30.0. The zero-order valence-electron chi connectivity index (χ0n) is 50.6. The standard InChI is InChI=1S/C72H79N3O12Si/c1-72(2,3)88(60-32-20-10-21-33-60,61-34-22-11-23-35-61)87-70-64(74-75-73)67(81-46-54-28-16-8-17-29-54)66(63(84-70)51-79-45-53-26-14-7-15-27-53)86-71-69(83-47-55-30-18-9-19-31-55)68(82-49-57-38-42-59(77-5)43-39-57)65(80-48-56-36-40-58(76-4)41-37-56)62(85-71)50-78-44-52-24-12-6-13-25-52/h6-43,62-71H,44-51H2,1-5H3/t62-,63-,64-,65+,66-,67-,68+,69-,70+,71+/m1/s1. The normalized spacial score (nSPS) is 22.1. The van der Waals surface area contributed by atoms with Gasteiger partial charge in [-0.3, -0.25) is 0 Å². The summed E-state index contributed by atoms with van der Waals surface area (Å²) in [6.07, 6.45) is -9.07. The van der Waals surface area contributed by atoms with E-state index in [0.29, 0.717) is 5.75 Å². The van der Waals surface area contributed by atoms with Crippen LogP contribution in [0.25, 0.3) is 10.4 Å². The van der Waals surface area contributed by atoms with Gasteiger partial charge in [-0.15, -0.1) is 0 Å². The smallest absolute Gasteiger partial charge is 0.264 e. The number of benzene rings is 8. The van der Waals surface area contributed by atoms with Crippen LogP contribution < -0.4 is 19.8 Å². The van der Waals surface area contributed by atoms with E-state index >= 15 is 0 Å². The van der Waals surface area contributed by atoms with E-state index in [1.165, 1.54) is 0 Å². The van der Waals surface area contributed by atoms with Crippen molar-refractivity contribution in [3.8, 4) is 11.5 Å². The van der Waals surface area contributed by atoms with Crippen LogP contribution in [0.15, 0.2) is 236 Å². The molecule has 458 valence electrons. The number of hydrogen-bond acceptors (Lipinski definition) is 13. The Kier molecular flexibility index (Phi) is 22.8.